The molecular weight excluding hydrogens is 320 g/mol. The second-order valence-corrected chi connectivity index (χ2v) is 5.23. The third kappa shape index (κ3) is 2.40. The molecule has 0 fully saturated rings. The summed E-state index contributed by atoms with van der Waals surface area (Å²) in [6, 6.07) is 13.9. The third-order valence-corrected chi connectivity index (χ3v) is 3.64. The lowest BCUT2D eigenvalue weighted by molar-refractivity contribution is 0.474. The normalized spacial score (nSPS) is 10.7. The Hall–Kier alpha value is -2.27. The second kappa shape index (κ2) is 5.02. The number of aromatic nitrogens is 2. The zero-order chi connectivity index (χ0) is 14.1. The lowest BCUT2D eigenvalue weighted by Gasteiger charge is -2.01. The van der Waals surface area contributed by atoms with Gasteiger partial charge in [-0.05, 0) is 64.5 Å². The first-order chi connectivity index (χ1) is 9.63. The minimum absolute atomic E-state index is 0.207. The number of rotatable bonds is 2. The molecule has 4 nitrogen and oxygen atoms in total. The van der Waals surface area contributed by atoms with Crippen molar-refractivity contribution in [2.24, 2.45) is 0 Å². The van der Waals surface area contributed by atoms with Gasteiger partial charge in [-0.1, -0.05) is 0 Å². The number of phenols is 2. The SMILES string of the molecule is Oc1ccc(-c2cc(-c3ccc(O)cc3Br)[nH]n2)cc1. The van der Waals surface area contributed by atoms with E-state index in [1.54, 1.807) is 36.4 Å². The van der Waals surface area contributed by atoms with Crippen molar-refractivity contribution in [2.75, 3.05) is 0 Å². The number of H-pyrrole nitrogens is 1. The van der Waals surface area contributed by atoms with Crippen molar-refractivity contribution in [3.63, 3.8) is 0 Å². The van der Waals surface area contributed by atoms with Crippen LogP contribution in [0.5, 0.6) is 11.5 Å². The van der Waals surface area contributed by atoms with E-state index in [1.165, 1.54) is 0 Å². The Bertz CT molecular complexity index is 751. The predicted molar refractivity (Wildman–Crippen MR) is 80.5 cm³/mol. The van der Waals surface area contributed by atoms with Crippen LogP contribution in [0.3, 0.4) is 0 Å². The van der Waals surface area contributed by atoms with Gasteiger partial charge in [0.15, 0.2) is 0 Å². The van der Waals surface area contributed by atoms with Crippen LogP contribution < -0.4 is 0 Å². The van der Waals surface area contributed by atoms with E-state index in [0.717, 1.165) is 27.0 Å². The van der Waals surface area contributed by atoms with E-state index in [-0.39, 0.29) is 11.5 Å². The Balaban J connectivity index is 1.99. The van der Waals surface area contributed by atoms with E-state index >= 15 is 0 Å². The van der Waals surface area contributed by atoms with Crippen LogP contribution >= 0.6 is 15.9 Å². The summed E-state index contributed by atoms with van der Waals surface area (Å²) in [5, 5.41) is 25.9. The number of hydrogen-bond acceptors (Lipinski definition) is 3. The minimum atomic E-state index is 0.207. The fourth-order valence-corrected chi connectivity index (χ4v) is 2.54. The van der Waals surface area contributed by atoms with Gasteiger partial charge < -0.3 is 10.2 Å². The number of hydrogen-bond donors (Lipinski definition) is 3. The van der Waals surface area contributed by atoms with Crippen LogP contribution in [0.1, 0.15) is 0 Å². The zero-order valence-electron chi connectivity index (χ0n) is 10.3. The molecule has 100 valence electrons. The average molecular weight is 331 g/mol. The molecule has 0 aliphatic heterocycles. The molecule has 0 atom stereocenters. The van der Waals surface area contributed by atoms with Crippen molar-refractivity contribution in [3.8, 4) is 34.0 Å². The number of phenolic OH excluding ortho intramolecular Hbond substituents is 2. The smallest absolute Gasteiger partial charge is 0.116 e. The monoisotopic (exact) mass is 330 g/mol. The number of benzene rings is 2. The summed E-state index contributed by atoms with van der Waals surface area (Å²) in [7, 11) is 0. The fraction of sp³-hybridized carbons (Fsp3) is 0. The summed E-state index contributed by atoms with van der Waals surface area (Å²) in [5.74, 6) is 0.435. The van der Waals surface area contributed by atoms with Crippen LogP contribution in [-0.4, -0.2) is 20.4 Å². The van der Waals surface area contributed by atoms with Crippen LogP contribution in [0.4, 0.5) is 0 Å². The van der Waals surface area contributed by atoms with Gasteiger partial charge in [-0.3, -0.25) is 5.10 Å². The fourth-order valence-electron chi connectivity index (χ4n) is 1.96. The van der Waals surface area contributed by atoms with E-state index in [1.807, 2.05) is 12.1 Å². The highest BCUT2D eigenvalue weighted by atomic mass is 79.9. The van der Waals surface area contributed by atoms with Gasteiger partial charge in [-0.25, -0.2) is 0 Å². The highest BCUT2D eigenvalue weighted by Crippen LogP contribution is 2.32. The van der Waals surface area contributed by atoms with Crippen LogP contribution in [0.15, 0.2) is 53.0 Å². The van der Waals surface area contributed by atoms with Gasteiger partial charge in [0.1, 0.15) is 11.5 Å². The van der Waals surface area contributed by atoms with Crippen molar-refractivity contribution in [2.45, 2.75) is 0 Å². The summed E-state index contributed by atoms with van der Waals surface area (Å²) in [5.41, 5.74) is 3.47. The molecule has 0 saturated carbocycles. The van der Waals surface area contributed by atoms with Gasteiger partial charge in [0, 0.05) is 15.6 Å². The van der Waals surface area contributed by atoms with E-state index in [9.17, 15) is 10.2 Å². The summed E-state index contributed by atoms with van der Waals surface area (Å²) in [4.78, 5) is 0. The summed E-state index contributed by atoms with van der Waals surface area (Å²) in [6.45, 7) is 0. The van der Waals surface area contributed by atoms with Crippen LogP contribution in [-0.2, 0) is 0 Å². The Morgan fingerprint density at radius 2 is 1.60 bits per heavy atom. The van der Waals surface area contributed by atoms with Gasteiger partial charge in [-0.15, -0.1) is 0 Å². The molecule has 2 aromatic carbocycles. The maximum absolute atomic E-state index is 9.41. The maximum atomic E-state index is 9.41. The zero-order valence-corrected chi connectivity index (χ0v) is 11.9. The molecule has 0 saturated heterocycles. The standard InChI is InChI=1S/C15H11BrN2O2/c16-13-7-11(20)5-6-12(13)15-8-14(17-18-15)9-1-3-10(19)4-2-9/h1-8,19-20H,(H,17,18). The molecule has 5 heteroatoms. The lowest BCUT2D eigenvalue weighted by atomic mass is 10.1. The molecule has 0 aliphatic carbocycles. The summed E-state index contributed by atoms with van der Waals surface area (Å²) in [6.07, 6.45) is 0. The molecule has 0 radical (unpaired) electrons. The first-order valence-electron chi connectivity index (χ1n) is 5.97. The molecule has 0 aliphatic rings. The number of aromatic hydroxyl groups is 2. The largest absolute Gasteiger partial charge is 0.508 e. The average Bonchev–Trinajstić information content (AvgIpc) is 2.89. The molecule has 0 unspecified atom stereocenters. The Kier molecular flexibility index (Phi) is 3.20. The molecule has 0 spiro atoms. The molecule has 0 amide bonds. The summed E-state index contributed by atoms with van der Waals surface area (Å²) >= 11 is 3.42. The van der Waals surface area contributed by atoms with Crippen LogP contribution in [0.2, 0.25) is 0 Å². The highest BCUT2D eigenvalue weighted by Gasteiger charge is 2.09. The first kappa shape index (κ1) is 12.7. The topological polar surface area (TPSA) is 69.1 Å². The number of nitrogens with zero attached hydrogens (tertiary/aromatic N) is 1. The van der Waals surface area contributed by atoms with Crippen LogP contribution in [0, 0.1) is 0 Å². The molecule has 3 rings (SSSR count). The molecule has 1 aromatic heterocycles. The third-order valence-electron chi connectivity index (χ3n) is 2.98. The number of nitrogens with one attached hydrogen (secondary N) is 1. The second-order valence-electron chi connectivity index (χ2n) is 4.38. The molecule has 1 heterocycles. The van der Waals surface area contributed by atoms with Gasteiger partial charge >= 0.3 is 0 Å². The molecule has 0 bridgehead atoms. The minimum Gasteiger partial charge on any atom is -0.508 e. The Morgan fingerprint density at radius 1 is 0.900 bits per heavy atom. The summed E-state index contributed by atoms with van der Waals surface area (Å²) < 4.78 is 0.790. The Morgan fingerprint density at radius 3 is 2.30 bits per heavy atom. The van der Waals surface area contributed by atoms with Crippen molar-refractivity contribution >= 4 is 15.9 Å². The van der Waals surface area contributed by atoms with Gasteiger partial charge in [0.25, 0.3) is 0 Å². The molecular formula is C15H11BrN2O2. The van der Waals surface area contributed by atoms with E-state index < -0.39 is 0 Å². The maximum Gasteiger partial charge on any atom is 0.116 e. The molecule has 3 N–H and O–H groups in total. The van der Waals surface area contributed by atoms with Crippen molar-refractivity contribution in [1.82, 2.24) is 10.2 Å². The number of halogens is 1. The first-order valence-corrected chi connectivity index (χ1v) is 6.76. The van der Waals surface area contributed by atoms with Gasteiger partial charge in [-0.2, -0.15) is 5.10 Å². The van der Waals surface area contributed by atoms with E-state index in [2.05, 4.69) is 26.1 Å². The van der Waals surface area contributed by atoms with Crippen LogP contribution in [0.25, 0.3) is 22.5 Å². The predicted octanol–water partition coefficient (Wildman–Crippen LogP) is 3.92. The Labute approximate surface area is 123 Å². The van der Waals surface area contributed by atoms with Gasteiger partial charge in [0.05, 0.1) is 11.4 Å². The lowest BCUT2D eigenvalue weighted by Crippen LogP contribution is -1.79. The van der Waals surface area contributed by atoms with Crippen molar-refractivity contribution in [3.05, 3.63) is 53.0 Å². The van der Waals surface area contributed by atoms with E-state index in [4.69, 9.17) is 0 Å². The number of aromatic amines is 1. The molecule has 20 heavy (non-hydrogen) atoms. The van der Waals surface area contributed by atoms with Gasteiger partial charge in [0.2, 0.25) is 0 Å². The van der Waals surface area contributed by atoms with Crippen molar-refractivity contribution in [1.29, 1.82) is 0 Å². The molecule has 3 aromatic rings. The highest BCUT2D eigenvalue weighted by molar-refractivity contribution is 9.10. The quantitative estimate of drug-likeness (QED) is 0.667. The van der Waals surface area contributed by atoms with Crippen molar-refractivity contribution < 1.29 is 10.2 Å². The van der Waals surface area contributed by atoms with E-state index in [0.29, 0.717) is 0 Å².